The van der Waals surface area contributed by atoms with Crippen LogP contribution >= 0.6 is 0 Å². The van der Waals surface area contributed by atoms with Gasteiger partial charge in [0.15, 0.2) is 0 Å². The Morgan fingerprint density at radius 2 is 1.80 bits per heavy atom. The van der Waals surface area contributed by atoms with E-state index in [1.54, 1.807) is 23.9 Å². The third kappa shape index (κ3) is 1.60. The van der Waals surface area contributed by atoms with Gasteiger partial charge in [0.25, 0.3) is 17.5 Å². The van der Waals surface area contributed by atoms with Gasteiger partial charge >= 0.3 is 0 Å². The summed E-state index contributed by atoms with van der Waals surface area (Å²) in [6.45, 7) is 0. The highest BCUT2D eigenvalue weighted by atomic mass is 16.6. The molecule has 0 bridgehead atoms. The fourth-order valence-electron chi connectivity index (χ4n) is 2.29. The van der Waals surface area contributed by atoms with Gasteiger partial charge in [-0.25, -0.2) is 4.90 Å². The van der Waals surface area contributed by atoms with E-state index in [2.05, 4.69) is 0 Å². The van der Waals surface area contributed by atoms with Crippen molar-refractivity contribution in [2.45, 2.75) is 0 Å². The standard InChI is InChI=1S/C13H9N3O4/c1-14-7-11(15-12(17)4-5-13(15)18)9-6-8(16(19)20)2-3-10(9)14/h2-7H,1H3. The van der Waals surface area contributed by atoms with Crippen LogP contribution in [0.4, 0.5) is 11.4 Å². The lowest BCUT2D eigenvalue weighted by molar-refractivity contribution is -0.384. The average molecular weight is 271 g/mol. The van der Waals surface area contributed by atoms with Crippen LogP contribution in [0.3, 0.4) is 0 Å². The Kier molecular flexibility index (Phi) is 2.43. The van der Waals surface area contributed by atoms with Crippen LogP contribution in [0.25, 0.3) is 10.9 Å². The van der Waals surface area contributed by atoms with Crippen molar-refractivity contribution in [2.75, 3.05) is 4.90 Å². The number of hydrogen-bond donors (Lipinski definition) is 0. The Balaban J connectivity index is 2.25. The molecule has 0 N–H and O–H groups in total. The van der Waals surface area contributed by atoms with Gasteiger partial charge in [-0.15, -0.1) is 0 Å². The average Bonchev–Trinajstić information content (AvgIpc) is 2.90. The summed E-state index contributed by atoms with van der Waals surface area (Å²) < 4.78 is 1.72. The molecule has 0 atom stereocenters. The van der Waals surface area contributed by atoms with Crippen molar-refractivity contribution in [1.82, 2.24) is 4.57 Å². The fourth-order valence-corrected chi connectivity index (χ4v) is 2.29. The first kappa shape index (κ1) is 12.1. The first-order valence-electron chi connectivity index (χ1n) is 5.78. The van der Waals surface area contributed by atoms with Crippen LogP contribution in [0.1, 0.15) is 0 Å². The minimum absolute atomic E-state index is 0.0861. The molecule has 20 heavy (non-hydrogen) atoms. The number of carbonyl (C=O) groups is 2. The number of rotatable bonds is 2. The molecule has 0 saturated heterocycles. The molecule has 1 aromatic carbocycles. The highest BCUT2D eigenvalue weighted by molar-refractivity contribution is 6.30. The fraction of sp³-hybridized carbons (Fsp3) is 0.0769. The smallest absolute Gasteiger partial charge is 0.270 e. The minimum Gasteiger partial charge on any atom is -0.348 e. The molecule has 3 rings (SSSR count). The van der Waals surface area contributed by atoms with Gasteiger partial charge in [-0.3, -0.25) is 19.7 Å². The van der Waals surface area contributed by atoms with E-state index in [9.17, 15) is 19.7 Å². The number of nitro benzene ring substituents is 1. The van der Waals surface area contributed by atoms with Gasteiger partial charge in [0.2, 0.25) is 0 Å². The van der Waals surface area contributed by atoms with E-state index in [-0.39, 0.29) is 5.69 Å². The van der Waals surface area contributed by atoms with E-state index in [1.807, 2.05) is 0 Å². The van der Waals surface area contributed by atoms with Gasteiger partial charge in [0, 0.05) is 42.9 Å². The molecule has 0 spiro atoms. The number of anilines is 1. The summed E-state index contributed by atoms with van der Waals surface area (Å²) in [7, 11) is 1.75. The topological polar surface area (TPSA) is 85.5 Å². The van der Waals surface area contributed by atoms with Crippen LogP contribution in [-0.2, 0) is 16.6 Å². The Labute approximate surface area is 112 Å². The van der Waals surface area contributed by atoms with Crippen molar-refractivity contribution < 1.29 is 14.5 Å². The molecular weight excluding hydrogens is 262 g/mol. The molecule has 0 radical (unpaired) electrons. The zero-order valence-corrected chi connectivity index (χ0v) is 10.4. The Bertz CT molecular complexity index is 785. The minimum atomic E-state index is -0.512. The Hall–Kier alpha value is -2.96. The van der Waals surface area contributed by atoms with Gasteiger partial charge in [-0.2, -0.15) is 0 Å². The van der Waals surface area contributed by atoms with E-state index in [4.69, 9.17) is 0 Å². The second-order valence-electron chi connectivity index (χ2n) is 4.43. The number of fused-ring (bicyclic) bond motifs is 1. The summed E-state index contributed by atoms with van der Waals surface area (Å²) >= 11 is 0. The number of carbonyl (C=O) groups excluding carboxylic acids is 2. The number of nitrogens with zero attached hydrogens (tertiary/aromatic N) is 3. The lowest BCUT2D eigenvalue weighted by atomic mass is 10.2. The molecule has 1 aromatic heterocycles. The van der Waals surface area contributed by atoms with Crippen molar-refractivity contribution >= 4 is 34.1 Å². The van der Waals surface area contributed by atoms with Crippen molar-refractivity contribution in [3.05, 3.63) is 46.7 Å². The summed E-state index contributed by atoms with van der Waals surface area (Å²) in [6.07, 6.45) is 3.97. The molecule has 2 heterocycles. The molecule has 0 fully saturated rings. The second kappa shape index (κ2) is 4.02. The first-order chi connectivity index (χ1) is 9.49. The van der Waals surface area contributed by atoms with Crippen LogP contribution in [0.15, 0.2) is 36.5 Å². The normalized spacial score (nSPS) is 14.6. The highest BCUT2D eigenvalue weighted by Gasteiger charge is 2.28. The molecule has 1 aliphatic heterocycles. The number of imide groups is 1. The zero-order chi connectivity index (χ0) is 14.4. The molecule has 100 valence electrons. The van der Waals surface area contributed by atoms with Gasteiger partial charge in [-0.05, 0) is 6.07 Å². The summed E-state index contributed by atoms with van der Waals surface area (Å²) in [6, 6.07) is 4.34. The third-order valence-corrected chi connectivity index (χ3v) is 3.21. The van der Waals surface area contributed by atoms with E-state index in [1.165, 1.54) is 24.3 Å². The van der Waals surface area contributed by atoms with E-state index < -0.39 is 16.7 Å². The molecule has 2 amide bonds. The highest BCUT2D eigenvalue weighted by Crippen LogP contribution is 2.33. The molecule has 1 aliphatic rings. The van der Waals surface area contributed by atoms with Crippen LogP contribution in [0.5, 0.6) is 0 Å². The van der Waals surface area contributed by atoms with Crippen molar-refractivity contribution in [3.63, 3.8) is 0 Å². The predicted octanol–water partition coefficient (Wildman–Crippen LogP) is 1.52. The molecule has 0 aliphatic carbocycles. The van der Waals surface area contributed by atoms with Crippen LogP contribution in [-0.4, -0.2) is 21.3 Å². The summed E-state index contributed by atoms with van der Waals surface area (Å²) in [5, 5.41) is 11.3. The lowest BCUT2D eigenvalue weighted by Gasteiger charge is -2.11. The number of amides is 2. The Morgan fingerprint density at radius 1 is 1.15 bits per heavy atom. The first-order valence-corrected chi connectivity index (χ1v) is 5.78. The van der Waals surface area contributed by atoms with Gasteiger partial charge in [-0.1, -0.05) is 0 Å². The van der Waals surface area contributed by atoms with E-state index in [0.717, 1.165) is 4.90 Å². The number of benzene rings is 1. The second-order valence-corrected chi connectivity index (χ2v) is 4.43. The van der Waals surface area contributed by atoms with Crippen molar-refractivity contribution in [2.24, 2.45) is 7.05 Å². The molecule has 0 unspecified atom stereocenters. The Morgan fingerprint density at radius 3 is 2.40 bits per heavy atom. The summed E-state index contributed by atoms with van der Waals surface area (Å²) in [5.74, 6) is -0.900. The molecule has 7 nitrogen and oxygen atoms in total. The quantitative estimate of drug-likeness (QED) is 0.470. The lowest BCUT2D eigenvalue weighted by Crippen LogP contribution is -2.29. The number of aromatic nitrogens is 1. The van der Waals surface area contributed by atoms with E-state index in [0.29, 0.717) is 16.6 Å². The van der Waals surface area contributed by atoms with Crippen molar-refractivity contribution in [3.8, 4) is 0 Å². The molecule has 7 heteroatoms. The van der Waals surface area contributed by atoms with Gasteiger partial charge in [0.1, 0.15) is 0 Å². The van der Waals surface area contributed by atoms with Crippen LogP contribution < -0.4 is 4.90 Å². The number of aryl methyl sites for hydroxylation is 1. The van der Waals surface area contributed by atoms with E-state index >= 15 is 0 Å². The largest absolute Gasteiger partial charge is 0.348 e. The predicted molar refractivity (Wildman–Crippen MR) is 71.2 cm³/mol. The number of non-ortho nitro benzene ring substituents is 1. The monoisotopic (exact) mass is 271 g/mol. The maximum atomic E-state index is 11.7. The summed E-state index contributed by atoms with van der Waals surface area (Å²) in [5.41, 5.74) is 0.973. The van der Waals surface area contributed by atoms with Gasteiger partial charge in [0.05, 0.1) is 16.1 Å². The number of hydrogen-bond acceptors (Lipinski definition) is 4. The zero-order valence-electron chi connectivity index (χ0n) is 10.4. The van der Waals surface area contributed by atoms with Crippen LogP contribution in [0.2, 0.25) is 0 Å². The SMILES string of the molecule is Cn1cc(N2C(=O)C=CC2=O)c2cc([N+](=O)[O-])ccc21. The summed E-state index contributed by atoms with van der Waals surface area (Å²) in [4.78, 5) is 34.8. The van der Waals surface area contributed by atoms with Crippen LogP contribution in [0, 0.1) is 10.1 Å². The molecular formula is C13H9N3O4. The van der Waals surface area contributed by atoms with Crippen molar-refractivity contribution in [1.29, 1.82) is 0 Å². The number of nitro groups is 1. The molecule has 2 aromatic rings. The maximum Gasteiger partial charge on any atom is 0.270 e. The van der Waals surface area contributed by atoms with Gasteiger partial charge < -0.3 is 4.57 Å². The maximum absolute atomic E-state index is 11.7. The third-order valence-electron chi connectivity index (χ3n) is 3.21. The molecule has 0 saturated carbocycles.